The van der Waals surface area contributed by atoms with Gasteiger partial charge in [0.1, 0.15) is 13.2 Å². The van der Waals surface area contributed by atoms with Crippen molar-refractivity contribution >= 4 is 22.3 Å². The van der Waals surface area contributed by atoms with Crippen molar-refractivity contribution in [3.05, 3.63) is 82.9 Å². The number of benzene rings is 3. The van der Waals surface area contributed by atoms with E-state index >= 15 is 0 Å². The Morgan fingerprint density at radius 2 is 1.75 bits per heavy atom. The molecule has 0 fully saturated rings. The normalized spacial score (nSPS) is 13.2. The average molecular weight is 481 g/mol. The topological polar surface area (TPSA) is 93.9 Å². The number of aromatic nitrogens is 1. The van der Waals surface area contributed by atoms with Crippen molar-refractivity contribution < 1.29 is 14.6 Å². The molecule has 7 nitrogen and oxygen atoms in total. The molecule has 2 N–H and O–H groups in total. The van der Waals surface area contributed by atoms with Gasteiger partial charge in [-0.25, -0.2) is 4.99 Å². The molecule has 1 aliphatic rings. The molecule has 0 radical (unpaired) electrons. The standard InChI is InChI=1S/C29H28N4O3/c1-3-33(4-2)18-19-5-9-22(10-6-19)31-28(21-8-12-25-26(16-21)36-14-13-35-25)27-23-11-7-20(17-30)15-24(23)32-29(27)34/h5-12,15-16,32,34H,3-4,13-14,18H2,1-2H3. The summed E-state index contributed by atoms with van der Waals surface area (Å²) >= 11 is 0. The zero-order chi connectivity index (χ0) is 25.1. The van der Waals surface area contributed by atoms with Crippen LogP contribution in [0.25, 0.3) is 10.9 Å². The Morgan fingerprint density at radius 1 is 1.00 bits per heavy atom. The molecule has 0 aliphatic carbocycles. The number of nitrogens with one attached hydrogen (secondary N) is 1. The third-order valence-electron chi connectivity index (χ3n) is 6.44. The summed E-state index contributed by atoms with van der Waals surface area (Å²) in [7, 11) is 0. The smallest absolute Gasteiger partial charge is 0.199 e. The minimum Gasteiger partial charge on any atom is -0.494 e. The molecule has 4 aromatic rings. The summed E-state index contributed by atoms with van der Waals surface area (Å²) in [5.41, 5.74) is 5.11. The highest BCUT2D eigenvalue weighted by molar-refractivity contribution is 6.22. The molecule has 0 bridgehead atoms. The van der Waals surface area contributed by atoms with Gasteiger partial charge in [0.05, 0.1) is 34.1 Å². The van der Waals surface area contributed by atoms with E-state index < -0.39 is 0 Å². The number of ether oxygens (including phenoxy) is 2. The van der Waals surface area contributed by atoms with Gasteiger partial charge < -0.3 is 19.6 Å². The Morgan fingerprint density at radius 3 is 2.47 bits per heavy atom. The first-order valence-corrected chi connectivity index (χ1v) is 12.1. The fraction of sp³-hybridized carbons (Fsp3) is 0.241. The molecule has 0 spiro atoms. The second-order valence-corrected chi connectivity index (χ2v) is 8.67. The lowest BCUT2D eigenvalue weighted by atomic mass is 9.99. The number of rotatable bonds is 7. The third-order valence-corrected chi connectivity index (χ3v) is 6.44. The molecule has 182 valence electrons. The van der Waals surface area contributed by atoms with Crippen LogP contribution in [-0.4, -0.2) is 47.0 Å². The second kappa shape index (κ2) is 10.1. The SMILES string of the molecule is CCN(CC)Cc1ccc(N=C(c2ccc3c(c2)OCCO3)c2c(O)[nH]c3cc(C#N)ccc23)cc1. The molecule has 0 amide bonds. The molecule has 36 heavy (non-hydrogen) atoms. The Labute approximate surface area is 210 Å². The molecule has 0 saturated heterocycles. The summed E-state index contributed by atoms with van der Waals surface area (Å²) < 4.78 is 11.5. The minimum absolute atomic E-state index is 0.00752. The lowest BCUT2D eigenvalue weighted by Gasteiger charge is -2.19. The second-order valence-electron chi connectivity index (χ2n) is 8.67. The van der Waals surface area contributed by atoms with E-state index in [0.717, 1.165) is 36.3 Å². The molecule has 5 rings (SSSR count). The quantitative estimate of drug-likeness (QED) is 0.339. The van der Waals surface area contributed by atoms with Crippen molar-refractivity contribution in [3.8, 4) is 23.4 Å². The largest absolute Gasteiger partial charge is 0.494 e. The number of hydrogen-bond acceptors (Lipinski definition) is 6. The average Bonchev–Trinajstić information content (AvgIpc) is 3.25. The number of nitriles is 1. The minimum atomic E-state index is -0.00752. The molecular formula is C29H28N4O3. The Balaban J connectivity index is 1.62. The van der Waals surface area contributed by atoms with Gasteiger partial charge in [0.25, 0.3) is 0 Å². The van der Waals surface area contributed by atoms with E-state index in [-0.39, 0.29) is 5.88 Å². The molecular weight excluding hydrogens is 452 g/mol. The summed E-state index contributed by atoms with van der Waals surface area (Å²) in [4.78, 5) is 10.4. The predicted octanol–water partition coefficient (Wildman–Crippen LogP) is 5.53. The first kappa shape index (κ1) is 23.5. The zero-order valence-electron chi connectivity index (χ0n) is 20.4. The maximum atomic E-state index is 11.0. The Bertz CT molecular complexity index is 1460. The first-order chi connectivity index (χ1) is 17.6. The van der Waals surface area contributed by atoms with Gasteiger partial charge in [-0.15, -0.1) is 0 Å². The fourth-order valence-electron chi connectivity index (χ4n) is 4.46. The van der Waals surface area contributed by atoms with Crippen molar-refractivity contribution in [2.45, 2.75) is 20.4 Å². The molecule has 0 saturated carbocycles. The van der Waals surface area contributed by atoms with E-state index in [0.29, 0.717) is 47.1 Å². The highest BCUT2D eigenvalue weighted by Gasteiger charge is 2.21. The molecule has 1 aliphatic heterocycles. The Kier molecular flexibility index (Phi) is 6.61. The summed E-state index contributed by atoms with van der Waals surface area (Å²) in [6.45, 7) is 8.19. The number of hydrogen-bond donors (Lipinski definition) is 2. The van der Waals surface area contributed by atoms with Crippen LogP contribution in [0.3, 0.4) is 0 Å². The zero-order valence-corrected chi connectivity index (χ0v) is 20.4. The number of aliphatic imine (C=N–C) groups is 1. The maximum Gasteiger partial charge on any atom is 0.199 e. The molecule has 3 aromatic carbocycles. The van der Waals surface area contributed by atoms with Crippen LogP contribution in [0.5, 0.6) is 17.4 Å². The third kappa shape index (κ3) is 4.64. The van der Waals surface area contributed by atoms with Gasteiger partial charge in [0.15, 0.2) is 17.4 Å². The molecule has 0 atom stereocenters. The number of aromatic hydroxyl groups is 1. The summed E-state index contributed by atoms with van der Waals surface area (Å²) in [6.07, 6.45) is 0. The Hall–Kier alpha value is -4.28. The monoisotopic (exact) mass is 480 g/mol. The highest BCUT2D eigenvalue weighted by atomic mass is 16.6. The fourth-order valence-corrected chi connectivity index (χ4v) is 4.46. The van der Waals surface area contributed by atoms with Gasteiger partial charge in [-0.1, -0.05) is 32.0 Å². The van der Waals surface area contributed by atoms with Crippen LogP contribution >= 0.6 is 0 Å². The number of nitrogens with zero attached hydrogens (tertiary/aromatic N) is 3. The van der Waals surface area contributed by atoms with Crippen LogP contribution in [-0.2, 0) is 6.54 Å². The number of aromatic amines is 1. The number of fused-ring (bicyclic) bond motifs is 2. The van der Waals surface area contributed by atoms with Gasteiger partial charge in [0.2, 0.25) is 0 Å². The van der Waals surface area contributed by atoms with E-state index in [2.05, 4.69) is 41.9 Å². The van der Waals surface area contributed by atoms with Crippen molar-refractivity contribution in [1.29, 1.82) is 5.26 Å². The molecule has 0 unspecified atom stereocenters. The molecule has 2 heterocycles. The lowest BCUT2D eigenvalue weighted by Crippen LogP contribution is -2.21. The van der Waals surface area contributed by atoms with Crippen LogP contribution in [0.2, 0.25) is 0 Å². The van der Waals surface area contributed by atoms with Crippen LogP contribution in [0.4, 0.5) is 5.69 Å². The van der Waals surface area contributed by atoms with E-state index in [4.69, 9.17) is 14.5 Å². The predicted molar refractivity (Wildman–Crippen MR) is 140 cm³/mol. The van der Waals surface area contributed by atoms with Gasteiger partial charge >= 0.3 is 0 Å². The van der Waals surface area contributed by atoms with Crippen LogP contribution in [0, 0.1) is 11.3 Å². The van der Waals surface area contributed by atoms with Crippen LogP contribution in [0.1, 0.15) is 36.1 Å². The summed E-state index contributed by atoms with van der Waals surface area (Å²) in [6, 6.07) is 21.3. The van der Waals surface area contributed by atoms with Crippen LogP contribution < -0.4 is 9.47 Å². The summed E-state index contributed by atoms with van der Waals surface area (Å²) in [5, 5.41) is 21.0. The van der Waals surface area contributed by atoms with Gasteiger partial charge in [-0.2, -0.15) is 5.26 Å². The van der Waals surface area contributed by atoms with Crippen molar-refractivity contribution in [2.75, 3.05) is 26.3 Å². The highest BCUT2D eigenvalue weighted by Crippen LogP contribution is 2.36. The molecule has 1 aromatic heterocycles. The van der Waals surface area contributed by atoms with Gasteiger partial charge in [-0.3, -0.25) is 4.90 Å². The first-order valence-electron chi connectivity index (χ1n) is 12.1. The summed E-state index contributed by atoms with van der Waals surface area (Å²) in [5.74, 6) is 1.32. The van der Waals surface area contributed by atoms with E-state index in [1.165, 1.54) is 5.56 Å². The maximum absolute atomic E-state index is 11.0. The molecule has 7 heteroatoms. The van der Waals surface area contributed by atoms with Gasteiger partial charge in [0, 0.05) is 17.5 Å². The van der Waals surface area contributed by atoms with Crippen LogP contribution in [0.15, 0.2) is 65.7 Å². The van der Waals surface area contributed by atoms with E-state index in [1.54, 1.807) is 12.1 Å². The van der Waals surface area contributed by atoms with Crippen molar-refractivity contribution in [3.63, 3.8) is 0 Å². The lowest BCUT2D eigenvalue weighted by molar-refractivity contribution is 0.171. The van der Waals surface area contributed by atoms with E-state index in [1.807, 2.05) is 36.4 Å². The number of H-pyrrole nitrogens is 1. The van der Waals surface area contributed by atoms with E-state index in [9.17, 15) is 10.4 Å². The van der Waals surface area contributed by atoms with Crippen molar-refractivity contribution in [1.82, 2.24) is 9.88 Å². The van der Waals surface area contributed by atoms with Gasteiger partial charge in [-0.05, 0) is 61.1 Å². The van der Waals surface area contributed by atoms with Crippen molar-refractivity contribution in [2.24, 2.45) is 4.99 Å².